The molecule has 1 aromatic carbocycles. The Labute approximate surface area is 143 Å². The average molecular weight is 343 g/mol. The monoisotopic (exact) mass is 343 g/mol. The molecule has 0 unspecified atom stereocenters. The molecule has 2 heterocycles. The molecule has 7 nitrogen and oxygen atoms in total. The number of carbonyl (C=O) groups excluding carboxylic acids is 1. The molecule has 124 valence electrons. The van der Waals surface area contributed by atoms with Gasteiger partial charge in [-0.05, 0) is 23.8 Å². The maximum absolute atomic E-state index is 12.3. The predicted octanol–water partition coefficient (Wildman–Crippen LogP) is 2.87. The minimum atomic E-state index is -0.404. The summed E-state index contributed by atoms with van der Waals surface area (Å²) in [6.45, 7) is 4.57. The summed E-state index contributed by atoms with van der Waals surface area (Å²) >= 11 is 1.33. The van der Waals surface area contributed by atoms with Gasteiger partial charge in [-0.1, -0.05) is 37.3 Å². The van der Waals surface area contributed by atoms with Crippen LogP contribution in [-0.4, -0.2) is 31.2 Å². The maximum Gasteiger partial charge on any atom is 0.350 e. The summed E-state index contributed by atoms with van der Waals surface area (Å²) in [5.74, 6) is 0.133. The van der Waals surface area contributed by atoms with Crippen molar-refractivity contribution in [2.24, 2.45) is 0 Å². The Hall–Kier alpha value is -2.61. The number of aryl methyl sites for hydroxylation is 2. The molecular formula is C16H17N5O2S. The molecule has 0 amide bonds. The second kappa shape index (κ2) is 7.31. The van der Waals surface area contributed by atoms with Gasteiger partial charge in [-0.25, -0.2) is 14.5 Å². The van der Waals surface area contributed by atoms with Crippen molar-refractivity contribution in [2.75, 3.05) is 0 Å². The highest BCUT2D eigenvalue weighted by molar-refractivity contribution is 7.17. The van der Waals surface area contributed by atoms with Gasteiger partial charge in [0.25, 0.3) is 0 Å². The van der Waals surface area contributed by atoms with E-state index >= 15 is 0 Å². The lowest BCUT2D eigenvalue weighted by Gasteiger charge is -2.04. The lowest BCUT2D eigenvalue weighted by molar-refractivity contribution is 0.0461. The van der Waals surface area contributed by atoms with Crippen molar-refractivity contribution in [1.29, 1.82) is 0 Å². The van der Waals surface area contributed by atoms with Crippen LogP contribution in [-0.2, 0) is 17.9 Å². The lowest BCUT2D eigenvalue weighted by atomic mass is 10.2. The van der Waals surface area contributed by atoms with Gasteiger partial charge >= 0.3 is 5.97 Å². The number of ether oxygens (including phenoxy) is 1. The fourth-order valence-electron chi connectivity index (χ4n) is 2.20. The first kappa shape index (κ1) is 16.3. The molecule has 0 atom stereocenters. The van der Waals surface area contributed by atoms with Gasteiger partial charge in [0.1, 0.15) is 9.88 Å². The molecule has 0 spiro atoms. The molecule has 0 bridgehead atoms. The van der Waals surface area contributed by atoms with E-state index in [1.165, 1.54) is 11.3 Å². The molecule has 8 heteroatoms. The molecule has 0 aliphatic carbocycles. The van der Waals surface area contributed by atoms with E-state index < -0.39 is 5.97 Å². The number of thiazole rings is 1. The van der Waals surface area contributed by atoms with E-state index in [1.54, 1.807) is 11.6 Å². The fourth-order valence-corrected chi connectivity index (χ4v) is 3.16. The highest BCUT2D eigenvalue weighted by Gasteiger charge is 2.18. The molecule has 2 aromatic heterocycles. The number of carbonyl (C=O) groups is 1. The molecule has 3 rings (SSSR count). The van der Waals surface area contributed by atoms with Gasteiger partial charge < -0.3 is 4.74 Å². The van der Waals surface area contributed by atoms with Crippen LogP contribution in [0.4, 0.5) is 0 Å². The predicted molar refractivity (Wildman–Crippen MR) is 89.5 cm³/mol. The Kier molecular flexibility index (Phi) is 4.95. The zero-order chi connectivity index (χ0) is 16.9. The second-order valence-electron chi connectivity index (χ2n) is 5.19. The Bertz CT molecular complexity index is 828. The third-order valence-electron chi connectivity index (χ3n) is 3.38. The normalized spacial score (nSPS) is 10.8. The Morgan fingerprint density at radius 1 is 1.29 bits per heavy atom. The first-order valence-electron chi connectivity index (χ1n) is 7.64. The van der Waals surface area contributed by atoms with Crippen LogP contribution in [0.1, 0.15) is 34.5 Å². The van der Waals surface area contributed by atoms with E-state index in [0.29, 0.717) is 22.9 Å². The largest absolute Gasteiger partial charge is 0.453 e. The molecule has 0 fully saturated rings. The Morgan fingerprint density at radius 3 is 2.83 bits per heavy atom. The summed E-state index contributed by atoms with van der Waals surface area (Å²) in [7, 11) is 0. The maximum atomic E-state index is 12.3. The third kappa shape index (κ3) is 3.48. The number of hydrogen-bond acceptors (Lipinski definition) is 7. The smallest absolute Gasteiger partial charge is 0.350 e. The lowest BCUT2D eigenvalue weighted by Crippen LogP contribution is -2.10. The van der Waals surface area contributed by atoms with E-state index in [-0.39, 0.29) is 6.61 Å². The van der Waals surface area contributed by atoms with E-state index in [0.717, 1.165) is 17.0 Å². The molecule has 0 saturated heterocycles. The zero-order valence-corrected chi connectivity index (χ0v) is 14.3. The molecule has 0 aliphatic heterocycles. The molecule has 0 saturated carbocycles. The van der Waals surface area contributed by atoms with E-state index in [9.17, 15) is 4.79 Å². The van der Waals surface area contributed by atoms with Gasteiger partial charge in [0, 0.05) is 12.1 Å². The van der Waals surface area contributed by atoms with Gasteiger partial charge in [0.05, 0.1) is 5.69 Å². The van der Waals surface area contributed by atoms with Crippen LogP contribution in [0.15, 0.2) is 30.3 Å². The topological polar surface area (TPSA) is 82.8 Å². The number of benzene rings is 1. The average Bonchev–Trinajstić information content (AvgIpc) is 3.20. The summed E-state index contributed by atoms with van der Waals surface area (Å²) in [5, 5.41) is 12.2. The standard InChI is InChI=1S/C16H17N5O2S/c1-3-9-21-13(18-19-20-21)10-23-16(22)14-11(2)17-15(24-14)12-7-5-4-6-8-12/h4-8H,3,9-10H2,1-2H3. The van der Waals surface area contributed by atoms with E-state index in [1.807, 2.05) is 37.3 Å². The second-order valence-corrected chi connectivity index (χ2v) is 6.19. The molecular weight excluding hydrogens is 326 g/mol. The first-order valence-corrected chi connectivity index (χ1v) is 8.45. The van der Waals surface area contributed by atoms with Crippen molar-refractivity contribution < 1.29 is 9.53 Å². The molecule has 0 radical (unpaired) electrons. The first-order chi connectivity index (χ1) is 11.7. The van der Waals surface area contributed by atoms with Crippen molar-refractivity contribution in [2.45, 2.75) is 33.4 Å². The van der Waals surface area contributed by atoms with Crippen molar-refractivity contribution in [3.8, 4) is 10.6 Å². The zero-order valence-electron chi connectivity index (χ0n) is 13.5. The quantitative estimate of drug-likeness (QED) is 0.640. The van der Waals surface area contributed by atoms with Crippen LogP contribution in [0.5, 0.6) is 0 Å². The van der Waals surface area contributed by atoms with Gasteiger partial charge in [-0.3, -0.25) is 0 Å². The highest BCUT2D eigenvalue weighted by atomic mass is 32.1. The summed E-state index contributed by atoms with van der Waals surface area (Å²) in [5.41, 5.74) is 1.65. The molecule has 0 N–H and O–H groups in total. The molecule has 0 aliphatic rings. The van der Waals surface area contributed by atoms with Gasteiger partial charge in [0.15, 0.2) is 12.4 Å². The summed E-state index contributed by atoms with van der Waals surface area (Å²) in [6.07, 6.45) is 0.903. The van der Waals surface area contributed by atoms with E-state index in [2.05, 4.69) is 20.5 Å². The minimum Gasteiger partial charge on any atom is -0.453 e. The number of tetrazole rings is 1. The SMILES string of the molecule is CCCn1nnnc1COC(=O)c1sc(-c2ccccc2)nc1C. The van der Waals surface area contributed by atoms with Crippen LogP contribution < -0.4 is 0 Å². The van der Waals surface area contributed by atoms with Crippen LogP contribution in [0.25, 0.3) is 10.6 Å². The highest BCUT2D eigenvalue weighted by Crippen LogP contribution is 2.28. The van der Waals surface area contributed by atoms with Crippen molar-refractivity contribution in [3.05, 3.63) is 46.7 Å². The summed E-state index contributed by atoms with van der Waals surface area (Å²) < 4.78 is 7.00. The van der Waals surface area contributed by atoms with Crippen molar-refractivity contribution in [3.63, 3.8) is 0 Å². The number of hydrogen-bond donors (Lipinski definition) is 0. The molecule has 24 heavy (non-hydrogen) atoms. The van der Waals surface area contributed by atoms with Gasteiger partial charge in [-0.2, -0.15) is 0 Å². The number of aromatic nitrogens is 5. The molecule has 3 aromatic rings. The van der Waals surface area contributed by atoms with Gasteiger partial charge in [0.2, 0.25) is 0 Å². The van der Waals surface area contributed by atoms with Crippen LogP contribution in [0, 0.1) is 6.92 Å². The van der Waals surface area contributed by atoms with Crippen LogP contribution in [0.2, 0.25) is 0 Å². The van der Waals surface area contributed by atoms with Crippen molar-refractivity contribution in [1.82, 2.24) is 25.2 Å². The fraction of sp³-hybridized carbons (Fsp3) is 0.312. The van der Waals surface area contributed by atoms with E-state index in [4.69, 9.17) is 4.74 Å². The number of nitrogens with zero attached hydrogens (tertiary/aromatic N) is 5. The Balaban J connectivity index is 1.71. The van der Waals surface area contributed by atoms with Crippen LogP contribution >= 0.6 is 11.3 Å². The van der Waals surface area contributed by atoms with Gasteiger partial charge in [-0.15, -0.1) is 16.4 Å². The Morgan fingerprint density at radius 2 is 2.08 bits per heavy atom. The van der Waals surface area contributed by atoms with Crippen molar-refractivity contribution >= 4 is 17.3 Å². The minimum absolute atomic E-state index is 0.0455. The van der Waals surface area contributed by atoms with Crippen LogP contribution in [0.3, 0.4) is 0 Å². The third-order valence-corrected chi connectivity index (χ3v) is 4.56. The number of rotatable bonds is 6. The summed E-state index contributed by atoms with van der Waals surface area (Å²) in [4.78, 5) is 17.3. The number of esters is 1. The summed E-state index contributed by atoms with van der Waals surface area (Å²) in [6, 6.07) is 9.76.